The van der Waals surface area contributed by atoms with Crippen molar-refractivity contribution in [2.45, 2.75) is 51.1 Å². The van der Waals surface area contributed by atoms with E-state index in [1.54, 1.807) is 0 Å². The lowest BCUT2D eigenvalue weighted by atomic mass is 9.94. The van der Waals surface area contributed by atoms with Crippen molar-refractivity contribution in [3.05, 3.63) is 0 Å². The molecule has 0 amide bonds. The van der Waals surface area contributed by atoms with Gasteiger partial charge in [0, 0.05) is 12.6 Å². The Hall–Kier alpha value is -0.650. The lowest BCUT2D eigenvalue weighted by Crippen LogP contribution is -2.59. The first-order chi connectivity index (χ1) is 10.1. The summed E-state index contributed by atoms with van der Waals surface area (Å²) in [6.45, 7) is 6.46. The highest BCUT2D eigenvalue weighted by atomic mass is 16.5. The van der Waals surface area contributed by atoms with Crippen molar-refractivity contribution < 1.29 is 19.0 Å². The van der Waals surface area contributed by atoms with E-state index in [9.17, 15) is 4.79 Å². The molecule has 0 radical (unpaired) electrons. The fraction of sp³-hybridized carbons (Fsp3) is 0.938. The molecule has 2 fully saturated rings. The Morgan fingerprint density at radius 3 is 2.38 bits per heavy atom. The van der Waals surface area contributed by atoms with Crippen LogP contribution in [0.3, 0.4) is 0 Å². The highest BCUT2D eigenvalue weighted by Crippen LogP contribution is 2.42. The third-order valence-corrected chi connectivity index (χ3v) is 4.02. The van der Waals surface area contributed by atoms with E-state index in [2.05, 4.69) is 19.2 Å². The molecule has 2 saturated carbocycles. The number of esters is 1. The summed E-state index contributed by atoms with van der Waals surface area (Å²) >= 11 is 0. The third-order valence-electron chi connectivity index (χ3n) is 4.02. The first-order valence-electron chi connectivity index (χ1n) is 8.10. The quantitative estimate of drug-likeness (QED) is 0.465. The van der Waals surface area contributed by atoms with Gasteiger partial charge in [-0.25, -0.2) is 4.79 Å². The molecule has 0 heterocycles. The fourth-order valence-corrected chi connectivity index (χ4v) is 2.58. The zero-order valence-electron chi connectivity index (χ0n) is 13.5. The van der Waals surface area contributed by atoms with Gasteiger partial charge in [-0.15, -0.1) is 0 Å². The molecule has 2 rings (SSSR count). The maximum absolute atomic E-state index is 12.3. The van der Waals surface area contributed by atoms with Crippen molar-refractivity contribution in [3.63, 3.8) is 0 Å². The second-order valence-electron chi connectivity index (χ2n) is 6.68. The highest BCUT2D eigenvalue weighted by Gasteiger charge is 2.54. The van der Waals surface area contributed by atoms with Crippen molar-refractivity contribution in [2.24, 2.45) is 11.8 Å². The van der Waals surface area contributed by atoms with E-state index < -0.39 is 5.54 Å². The van der Waals surface area contributed by atoms with Crippen LogP contribution in [0.1, 0.15) is 39.5 Å². The fourth-order valence-electron chi connectivity index (χ4n) is 2.58. The minimum Gasteiger partial charge on any atom is -0.468 e. The third kappa shape index (κ3) is 4.94. The summed E-state index contributed by atoms with van der Waals surface area (Å²) in [5, 5.41) is 3.49. The van der Waals surface area contributed by atoms with Crippen LogP contribution in [0.25, 0.3) is 0 Å². The largest absolute Gasteiger partial charge is 0.468 e. The minimum absolute atomic E-state index is 0.181. The molecule has 0 aliphatic heterocycles. The van der Waals surface area contributed by atoms with Crippen LogP contribution in [-0.2, 0) is 19.0 Å². The van der Waals surface area contributed by atoms with Crippen molar-refractivity contribution >= 4 is 5.97 Å². The monoisotopic (exact) mass is 299 g/mol. The van der Waals surface area contributed by atoms with Crippen LogP contribution in [0.2, 0.25) is 0 Å². The summed E-state index contributed by atoms with van der Waals surface area (Å²) in [5.41, 5.74) is -0.645. The molecule has 1 N–H and O–H groups in total. The van der Waals surface area contributed by atoms with Gasteiger partial charge in [-0.2, -0.15) is 0 Å². The Balaban J connectivity index is 1.79. The van der Waals surface area contributed by atoms with Crippen molar-refractivity contribution in [2.75, 3.05) is 33.5 Å². The smallest absolute Gasteiger partial charge is 0.328 e. The number of ether oxygens (including phenoxy) is 3. The Morgan fingerprint density at radius 2 is 1.86 bits per heavy atom. The van der Waals surface area contributed by atoms with Gasteiger partial charge in [0.25, 0.3) is 0 Å². The summed E-state index contributed by atoms with van der Waals surface area (Å²) in [4.78, 5) is 12.3. The van der Waals surface area contributed by atoms with Gasteiger partial charge in [0.15, 0.2) is 0 Å². The van der Waals surface area contributed by atoms with Gasteiger partial charge < -0.3 is 14.2 Å². The zero-order chi connectivity index (χ0) is 15.3. The Bertz CT molecular complexity index is 339. The molecular weight excluding hydrogens is 270 g/mol. The molecule has 5 heteroatoms. The van der Waals surface area contributed by atoms with E-state index in [0.717, 1.165) is 32.3 Å². The van der Waals surface area contributed by atoms with E-state index in [1.165, 1.54) is 7.11 Å². The Kier molecular flexibility index (Phi) is 6.02. The van der Waals surface area contributed by atoms with Gasteiger partial charge >= 0.3 is 5.97 Å². The summed E-state index contributed by atoms with van der Waals surface area (Å²) in [7, 11) is 1.46. The van der Waals surface area contributed by atoms with Gasteiger partial charge in [-0.3, -0.25) is 5.32 Å². The van der Waals surface area contributed by atoms with Crippen LogP contribution in [0, 0.1) is 11.8 Å². The number of carbonyl (C=O) groups is 1. The average molecular weight is 299 g/mol. The van der Waals surface area contributed by atoms with Crippen molar-refractivity contribution in [1.29, 1.82) is 0 Å². The van der Waals surface area contributed by atoms with Crippen LogP contribution in [0.5, 0.6) is 0 Å². The molecular formula is C16H29NO4. The van der Waals surface area contributed by atoms with Crippen molar-refractivity contribution in [3.8, 4) is 0 Å². The lowest BCUT2D eigenvalue weighted by molar-refractivity contribution is -0.153. The van der Waals surface area contributed by atoms with Gasteiger partial charge in [-0.1, -0.05) is 13.8 Å². The molecule has 1 atom stereocenters. The number of carbonyl (C=O) groups excluding carboxylic acids is 1. The first kappa shape index (κ1) is 16.7. The highest BCUT2D eigenvalue weighted by molar-refractivity contribution is 5.82. The maximum Gasteiger partial charge on any atom is 0.328 e. The van der Waals surface area contributed by atoms with Crippen LogP contribution >= 0.6 is 0 Å². The number of nitrogens with one attached hydrogen (secondary N) is 1. The van der Waals surface area contributed by atoms with Crippen LogP contribution in [0.15, 0.2) is 0 Å². The second-order valence-corrected chi connectivity index (χ2v) is 6.68. The number of hydrogen-bond acceptors (Lipinski definition) is 5. The standard InChI is InChI=1S/C16H29NO4/c1-12(2)10-20-8-9-21-11-16(13-4-5-13,15(18)19-3)17-14-6-7-14/h12-14,17H,4-11H2,1-3H3. The maximum atomic E-state index is 12.3. The van der Waals surface area contributed by atoms with Crippen LogP contribution in [0.4, 0.5) is 0 Å². The lowest BCUT2D eigenvalue weighted by Gasteiger charge is -2.32. The molecule has 0 aromatic heterocycles. The van der Waals surface area contributed by atoms with Crippen molar-refractivity contribution in [1.82, 2.24) is 5.32 Å². The summed E-state index contributed by atoms with van der Waals surface area (Å²) in [6.07, 6.45) is 4.43. The molecule has 21 heavy (non-hydrogen) atoms. The van der Waals surface area contributed by atoms with Gasteiger partial charge in [0.05, 0.1) is 26.9 Å². The van der Waals surface area contributed by atoms with E-state index in [0.29, 0.717) is 37.7 Å². The van der Waals surface area contributed by atoms with Gasteiger partial charge in [0.2, 0.25) is 0 Å². The molecule has 0 saturated heterocycles. The average Bonchev–Trinajstić information content (AvgIpc) is 3.32. The number of hydrogen-bond donors (Lipinski definition) is 1. The van der Waals surface area contributed by atoms with E-state index >= 15 is 0 Å². The summed E-state index contributed by atoms with van der Waals surface area (Å²) in [6, 6.07) is 0.450. The number of rotatable bonds is 11. The van der Waals surface area contributed by atoms with E-state index in [1.807, 2.05) is 0 Å². The molecule has 0 bridgehead atoms. The van der Waals surface area contributed by atoms with E-state index in [-0.39, 0.29) is 5.97 Å². The first-order valence-corrected chi connectivity index (χ1v) is 8.10. The molecule has 2 aliphatic carbocycles. The predicted octanol–water partition coefficient (Wildman–Crippen LogP) is 1.75. The van der Waals surface area contributed by atoms with E-state index in [4.69, 9.17) is 14.2 Å². The molecule has 122 valence electrons. The van der Waals surface area contributed by atoms with Gasteiger partial charge in [-0.05, 0) is 37.5 Å². The Labute approximate surface area is 127 Å². The summed E-state index contributed by atoms with van der Waals surface area (Å²) < 4.78 is 16.3. The molecule has 0 aromatic carbocycles. The predicted molar refractivity (Wildman–Crippen MR) is 80.1 cm³/mol. The van der Waals surface area contributed by atoms with Gasteiger partial charge in [0.1, 0.15) is 5.54 Å². The SMILES string of the molecule is COC(=O)C(COCCOCC(C)C)(NC1CC1)C1CC1. The molecule has 0 spiro atoms. The molecule has 1 unspecified atom stereocenters. The topological polar surface area (TPSA) is 56.8 Å². The number of methoxy groups -OCH3 is 1. The summed E-state index contributed by atoms with van der Waals surface area (Å²) in [5.74, 6) is 0.698. The minimum atomic E-state index is -0.645. The zero-order valence-corrected chi connectivity index (χ0v) is 13.5. The van der Waals surface area contributed by atoms with Crippen LogP contribution < -0.4 is 5.32 Å². The van der Waals surface area contributed by atoms with Crippen LogP contribution in [-0.4, -0.2) is 51.1 Å². The molecule has 5 nitrogen and oxygen atoms in total. The second kappa shape index (κ2) is 7.56. The molecule has 2 aliphatic rings. The Morgan fingerprint density at radius 1 is 1.19 bits per heavy atom. The molecule has 0 aromatic rings. The normalized spacial score (nSPS) is 21.3.